The number of rotatable bonds is 4. The van der Waals surface area contributed by atoms with Crippen LogP contribution in [-0.4, -0.2) is 52.8 Å². The van der Waals surface area contributed by atoms with Crippen LogP contribution >= 0.6 is 0 Å². The zero-order valence-corrected chi connectivity index (χ0v) is 21.2. The molecule has 206 valence electrons. The highest BCUT2D eigenvalue weighted by molar-refractivity contribution is 5.81. The largest absolute Gasteiger partial charge is 0.416 e. The van der Waals surface area contributed by atoms with Crippen molar-refractivity contribution >= 4 is 11.9 Å². The summed E-state index contributed by atoms with van der Waals surface area (Å²) >= 11 is 0. The van der Waals surface area contributed by atoms with E-state index in [0.717, 1.165) is 11.1 Å². The highest BCUT2D eigenvalue weighted by atomic mass is 19.4. The van der Waals surface area contributed by atoms with Gasteiger partial charge in [0.25, 0.3) is 0 Å². The van der Waals surface area contributed by atoms with Crippen LogP contribution in [0.5, 0.6) is 0 Å². The molecule has 2 aromatic carbocycles. The van der Waals surface area contributed by atoms with Gasteiger partial charge in [-0.15, -0.1) is 0 Å². The third kappa shape index (κ3) is 5.19. The van der Waals surface area contributed by atoms with Crippen LogP contribution in [0, 0.1) is 0 Å². The van der Waals surface area contributed by atoms with E-state index in [4.69, 9.17) is 0 Å². The highest BCUT2D eigenvalue weighted by Crippen LogP contribution is 2.41. The number of alkyl halides is 6. The second kappa shape index (κ2) is 10.1. The van der Waals surface area contributed by atoms with E-state index in [1.54, 1.807) is 9.80 Å². The van der Waals surface area contributed by atoms with Crippen LogP contribution in [0.2, 0.25) is 0 Å². The van der Waals surface area contributed by atoms with E-state index in [0.29, 0.717) is 37.9 Å². The number of hydrogen-bond donors (Lipinski definition) is 0. The van der Waals surface area contributed by atoms with Gasteiger partial charge in [0, 0.05) is 26.6 Å². The van der Waals surface area contributed by atoms with Crippen molar-refractivity contribution in [3.05, 3.63) is 70.3 Å². The number of piperazine rings is 1. The summed E-state index contributed by atoms with van der Waals surface area (Å²) in [7, 11) is 1.37. The van der Waals surface area contributed by atoms with Crippen molar-refractivity contribution in [2.24, 2.45) is 0 Å². The topological polar surface area (TPSA) is 43.9 Å². The van der Waals surface area contributed by atoms with Crippen LogP contribution in [0.4, 0.5) is 31.1 Å². The lowest BCUT2D eigenvalue weighted by molar-refractivity contribution is -0.143. The average Bonchev–Trinajstić information content (AvgIpc) is 3.26. The van der Waals surface area contributed by atoms with Crippen LogP contribution in [0.3, 0.4) is 0 Å². The van der Waals surface area contributed by atoms with Crippen molar-refractivity contribution in [1.29, 1.82) is 0 Å². The Morgan fingerprint density at radius 2 is 1.63 bits per heavy atom. The lowest BCUT2D eigenvalue weighted by Crippen LogP contribution is -2.57. The molecule has 0 N–H and O–H groups in total. The number of carbonyl (C=O) groups excluding carboxylic acids is 2. The van der Waals surface area contributed by atoms with Crippen molar-refractivity contribution < 1.29 is 35.9 Å². The Morgan fingerprint density at radius 3 is 2.21 bits per heavy atom. The molecule has 4 rings (SSSR count). The summed E-state index contributed by atoms with van der Waals surface area (Å²) in [6.45, 7) is 3.88. The summed E-state index contributed by atoms with van der Waals surface area (Å²) in [5, 5.41) is 0. The maximum Gasteiger partial charge on any atom is 0.416 e. The molecule has 3 amide bonds. The zero-order valence-electron chi connectivity index (χ0n) is 21.2. The van der Waals surface area contributed by atoms with E-state index in [9.17, 15) is 35.9 Å². The van der Waals surface area contributed by atoms with E-state index in [1.165, 1.54) is 18.9 Å². The number of aryl methyl sites for hydroxylation is 1. The van der Waals surface area contributed by atoms with E-state index >= 15 is 0 Å². The minimum atomic E-state index is -4.99. The lowest BCUT2D eigenvalue weighted by Gasteiger charge is -2.47. The molecule has 38 heavy (non-hydrogen) atoms. The van der Waals surface area contributed by atoms with Crippen LogP contribution < -0.4 is 0 Å². The second-order valence-electron chi connectivity index (χ2n) is 9.79. The molecule has 0 spiro atoms. The first-order valence-electron chi connectivity index (χ1n) is 12.4. The molecule has 2 heterocycles. The summed E-state index contributed by atoms with van der Waals surface area (Å²) in [6.07, 6.45) is -8.38. The van der Waals surface area contributed by atoms with Gasteiger partial charge in [-0.1, -0.05) is 31.2 Å². The number of carbonyl (C=O) groups is 2. The first-order valence-corrected chi connectivity index (χ1v) is 12.4. The number of halogens is 6. The van der Waals surface area contributed by atoms with Crippen molar-refractivity contribution in [3.8, 4) is 0 Å². The van der Waals surface area contributed by atoms with Crippen molar-refractivity contribution in [1.82, 2.24) is 14.7 Å². The molecule has 2 aromatic rings. The van der Waals surface area contributed by atoms with Crippen molar-refractivity contribution in [2.75, 3.05) is 20.1 Å². The summed E-state index contributed by atoms with van der Waals surface area (Å²) in [6, 6.07) is 6.60. The minimum absolute atomic E-state index is 0.00597. The average molecular weight is 542 g/mol. The second-order valence-corrected chi connectivity index (χ2v) is 9.79. The van der Waals surface area contributed by atoms with E-state index in [-0.39, 0.29) is 30.1 Å². The number of benzene rings is 2. The Hall–Kier alpha value is -3.24. The fourth-order valence-corrected chi connectivity index (χ4v) is 5.48. The van der Waals surface area contributed by atoms with Crippen LogP contribution in [0.25, 0.3) is 0 Å². The van der Waals surface area contributed by atoms with Gasteiger partial charge in [0.05, 0.1) is 29.3 Å². The minimum Gasteiger partial charge on any atom is -0.335 e. The van der Waals surface area contributed by atoms with Crippen LogP contribution in [0.15, 0.2) is 42.5 Å². The van der Waals surface area contributed by atoms with Gasteiger partial charge in [-0.2, -0.15) is 26.3 Å². The normalized spacial score (nSPS) is 20.9. The third-order valence-electron chi connectivity index (χ3n) is 7.63. The molecule has 2 saturated heterocycles. The smallest absolute Gasteiger partial charge is 0.335 e. The molecule has 2 aliphatic rings. The van der Waals surface area contributed by atoms with Crippen LogP contribution in [0.1, 0.15) is 66.6 Å². The molecule has 0 aromatic heterocycles. The molecule has 0 aliphatic carbocycles. The maximum atomic E-state index is 13.8. The predicted octanol–water partition coefficient (Wildman–Crippen LogP) is 6.45. The van der Waals surface area contributed by atoms with Gasteiger partial charge in [-0.05, 0) is 54.7 Å². The molecule has 5 nitrogen and oxygen atoms in total. The highest BCUT2D eigenvalue weighted by Gasteiger charge is 2.46. The third-order valence-corrected chi connectivity index (χ3v) is 7.63. The number of hydrogen-bond acceptors (Lipinski definition) is 2. The molecule has 11 heteroatoms. The molecule has 0 unspecified atom stereocenters. The first kappa shape index (κ1) is 27.8. The van der Waals surface area contributed by atoms with Gasteiger partial charge < -0.3 is 14.7 Å². The van der Waals surface area contributed by atoms with Gasteiger partial charge in [-0.25, -0.2) is 4.79 Å². The number of nitrogens with zero attached hydrogens (tertiary/aromatic N) is 3. The van der Waals surface area contributed by atoms with Gasteiger partial charge in [0.15, 0.2) is 0 Å². The zero-order chi connectivity index (χ0) is 28.0. The number of amides is 3. The maximum absolute atomic E-state index is 13.8. The summed E-state index contributed by atoms with van der Waals surface area (Å²) in [4.78, 5) is 30.9. The standard InChI is InChI=1S/C27H29F6N3O2/c1-4-17-7-5-6-8-21(17)24-22-9-10-23(37)35(22)11-12-36(24)25(38)34(3)16(2)18-13-19(26(28,29)30)15-20(14-18)27(31,32)33/h5-8,13-16,22,24H,4,9-12H2,1-3H3/t16-,22+,24+/m1/s1. The monoisotopic (exact) mass is 541 g/mol. The van der Waals surface area contributed by atoms with E-state index in [1.807, 2.05) is 31.2 Å². The lowest BCUT2D eigenvalue weighted by atomic mass is 9.89. The fraction of sp³-hybridized carbons (Fsp3) is 0.481. The summed E-state index contributed by atoms with van der Waals surface area (Å²) in [5.74, 6) is 0.00597. The van der Waals surface area contributed by atoms with E-state index in [2.05, 4.69) is 0 Å². The van der Waals surface area contributed by atoms with Gasteiger partial charge >= 0.3 is 18.4 Å². The molecule has 0 saturated carbocycles. The Balaban J connectivity index is 1.71. The number of urea groups is 1. The molecular weight excluding hydrogens is 512 g/mol. The Labute approximate surface area is 217 Å². The Bertz CT molecular complexity index is 1180. The predicted molar refractivity (Wildman–Crippen MR) is 128 cm³/mol. The quantitative estimate of drug-likeness (QED) is 0.418. The Kier molecular flexibility index (Phi) is 7.42. The molecule has 3 atom stereocenters. The Morgan fingerprint density at radius 1 is 1.03 bits per heavy atom. The van der Waals surface area contributed by atoms with E-state index < -0.39 is 41.6 Å². The van der Waals surface area contributed by atoms with Crippen molar-refractivity contribution in [2.45, 2.75) is 63.6 Å². The summed E-state index contributed by atoms with van der Waals surface area (Å²) < 4.78 is 80.6. The van der Waals surface area contributed by atoms with Gasteiger partial charge in [0.2, 0.25) is 5.91 Å². The fourth-order valence-electron chi connectivity index (χ4n) is 5.48. The van der Waals surface area contributed by atoms with Gasteiger partial charge in [-0.3, -0.25) is 4.79 Å². The molecule has 2 fully saturated rings. The van der Waals surface area contributed by atoms with Crippen molar-refractivity contribution in [3.63, 3.8) is 0 Å². The SMILES string of the molecule is CCc1ccccc1[C@H]1[C@@H]2CCC(=O)N2CCN1C(=O)N(C)[C@H](C)c1cc(C(F)(F)F)cc(C(F)(F)F)c1. The number of fused-ring (bicyclic) bond motifs is 1. The molecule has 2 aliphatic heterocycles. The molecule has 0 bridgehead atoms. The van der Waals surface area contributed by atoms with Crippen LogP contribution in [-0.2, 0) is 23.6 Å². The molecular formula is C27H29F6N3O2. The first-order chi connectivity index (χ1) is 17.7. The van der Waals surface area contributed by atoms with Gasteiger partial charge in [0.1, 0.15) is 0 Å². The summed E-state index contributed by atoms with van der Waals surface area (Å²) in [5.41, 5.74) is -1.25. The molecule has 0 radical (unpaired) electrons.